The lowest BCUT2D eigenvalue weighted by Crippen LogP contribution is -2.14. The number of nitrogens with two attached hydrogens (primary N) is 1. The van der Waals surface area contributed by atoms with E-state index in [1.807, 2.05) is 12.1 Å². The van der Waals surface area contributed by atoms with Gasteiger partial charge in [0, 0.05) is 21.8 Å². The van der Waals surface area contributed by atoms with Gasteiger partial charge in [-0.2, -0.15) is 0 Å². The Hall–Kier alpha value is -2.70. The molecule has 0 bridgehead atoms. The Labute approximate surface area is 153 Å². The van der Waals surface area contributed by atoms with Crippen LogP contribution in [0, 0.1) is 6.92 Å². The maximum absolute atomic E-state index is 12.5. The van der Waals surface area contributed by atoms with Crippen molar-refractivity contribution in [3.05, 3.63) is 69.7 Å². The van der Waals surface area contributed by atoms with E-state index in [0.29, 0.717) is 26.8 Å². The molecule has 0 fully saturated rings. The summed E-state index contributed by atoms with van der Waals surface area (Å²) in [4.78, 5) is 28.7. The Morgan fingerprint density at radius 1 is 1.16 bits per heavy atom. The first kappa shape index (κ1) is 17.1. The first-order chi connectivity index (χ1) is 11.9. The van der Waals surface area contributed by atoms with Crippen molar-refractivity contribution in [2.24, 2.45) is 5.73 Å². The number of hydrogen-bond acceptors (Lipinski definition) is 4. The third-order valence-corrected chi connectivity index (χ3v) is 4.92. The zero-order chi connectivity index (χ0) is 18.0. The Kier molecular flexibility index (Phi) is 4.83. The van der Waals surface area contributed by atoms with E-state index in [0.717, 1.165) is 10.6 Å². The SMILES string of the molecule is Cc1nc(-c2cccc(Cl)c2)sc1C(=O)Nc1cccc(C(N)=O)c1. The second-order valence-corrected chi connectivity index (χ2v) is 6.78. The molecule has 0 spiro atoms. The molecule has 0 saturated heterocycles. The van der Waals surface area contributed by atoms with Crippen LogP contribution in [0.5, 0.6) is 0 Å². The summed E-state index contributed by atoms with van der Waals surface area (Å²) < 4.78 is 0. The number of carbonyl (C=O) groups excluding carboxylic acids is 2. The standard InChI is InChI=1S/C18H14ClN3O2S/c1-10-15(25-18(21-10)12-5-2-6-13(19)8-12)17(24)22-14-7-3-4-11(9-14)16(20)23/h2-9H,1H3,(H2,20,23)(H,22,24). The monoisotopic (exact) mass is 371 g/mol. The number of halogens is 1. The van der Waals surface area contributed by atoms with E-state index >= 15 is 0 Å². The number of anilines is 1. The third-order valence-electron chi connectivity index (χ3n) is 3.48. The number of aryl methyl sites for hydroxylation is 1. The number of nitrogens with zero attached hydrogens (tertiary/aromatic N) is 1. The van der Waals surface area contributed by atoms with Crippen LogP contribution in [0.1, 0.15) is 25.7 Å². The summed E-state index contributed by atoms with van der Waals surface area (Å²) in [5.74, 6) is -0.835. The van der Waals surface area contributed by atoms with Gasteiger partial charge in [-0.3, -0.25) is 9.59 Å². The van der Waals surface area contributed by atoms with E-state index in [4.69, 9.17) is 17.3 Å². The zero-order valence-electron chi connectivity index (χ0n) is 13.2. The van der Waals surface area contributed by atoms with Gasteiger partial charge in [-0.1, -0.05) is 29.8 Å². The summed E-state index contributed by atoms with van der Waals surface area (Å²) in [5.41, 5.74) is 7.57. The Morgan fingerprint density at radius 3 is 2.64 bits per heavy atom. The number of nitrogens with one attached hydrogen (secondary N) is 1. The van der Waals surface area contributed by atoms with Crippen LogP contribution >= 0.6 is 22.9 Å². The Bertz CT molecular complexity index is 968. The second-order valence-electron chi connectivity index (χ2n) is 5.34. The molecule has 5 nitrogen and oxygen atoms in total. The van der Waals surface area contributed by atoms with Crippen molar-refractivity contribution in [3.8, 4) is 10.6 Å². The first-order valence-corrected chi connectivity index (χ1v) is 8.58. The quantitative estimate of drug-likeness (QED) is 0.723. The molecule has 0 radical (unpaired) electrons. The number of amides is 2. The molecule has 2 amide bonds. The summed E-state index contributed by atoms with van der Waals surface area (Å²) in [6.45, 7) is 1.78. The molecule has 3 N–H and O–H groups in total. The van der Waals surface area contributed by atoms with Crippen molar-refractivity contribution >= 4 is 40.4 Å². The third kappa shape index (κ3) is 3.87. The highest BCUT2D eigenvalue weighted by molar-refractivity contribution is 7.17. The Balaban J connectivity index is 1.86. The minimum Gasteiger partial charge on any atom is -0.366 e. The fraction of sp³-hybridized carbons (Fsp3) is 0.0556. The number of benzene rings is 2. The normalized spacial score (nSPS) is 10.5. The van der Waals surface area contributed by atoms with Gasteiger partial charge < -0.3 is 11.1 Å². The maximum Gasteiger partial charge on any atom is 0.267 e. The summed E-state index contributed by atoms with van der Waals surface area (Å²) in [5, 5.41) is 4.10. The molecule has 1 aromatic heterocycles. The van der Waals surface area contributed by atoms with Crippen LogP contribution in [0.3, 0.4) is 0 Å². The lowest BCUT2D eigenvalue weighted by molar-refractivity contribution is 0.0996. The molecular formula is C18H14ClN3O2S. The highest BCUT2D eigenvalue weighted by Gasteiger charge is 2.17. The van der Waals surface area contributed by atoms with Crippen molar-refractivity contribution in [3.63, 3.8) is 0 Å². The van der Waals surface area contributed by atoms with Gasteiger partial charge in [0.25, 0.3) is 5.91 Å². The topological polar surface area (TPSA) is 85.1 Å². The zero-order valence-corrected chi connectivity index (χ0v) is 14.8. The van der Waals surface area contributed by atoms with Gasteiger partial charge in [0.2, 0.25) is 5.91 Å². The average Bonchev–Trinajstić information content (AvgIpc) is 2.97. The molecule has 3 rings (SSSR count). The number of primary amides is 1. The van der Waals surface area contributed by atoms with Gasteiger partial charge in [0.15, 0.2) is 0 Å². The van der Waals surface area contributed by atoms with Gasteiger partial charge in [0.05, 0.1) is 5.69 Å². The van der Waals surface area contributed by atoms with Crippen molar-refractivity contribution in [1.82, 2.24) is 4.98 Å². The smallest absolute Gasteiger partial charge is 0.267 e. The van der Waals surface area contributed by atoms with E-state index in [1.54, 1.807) is 37.3 Å². The molecular weight excluding hydrogens is 358 g/mol. The summed E-state index contributed by atoms with van der Waals surface area (Å²) >= 11 is 7.30. The molecule has 126 valence electrons. The molecule has 0 atom stereocenters. The minimum atomic E-state index is -0.548. The van der Waals surface area contributed by atoms with E-state index < -0.39 is 5.91 Å². The Morgan fingerprint density at radius 2 is 1.92 bits per heavy atom. The van der Waals surface area contributed by atoms with Crippen molar-refractivity contribution < 1.29 is 9.59 Å². The molecule has 3 aromatic rings. The van der Waals surface area contributed by atoms with Crippen LogP contribution in [-0.4, -0.2) is 16.8 Å². The molecule has 0 unspecified atom stereocenters. The van der Waals surface area contributed by atoms with Crippen LogP contribution in [-0.2, 0) is 0 Å². The number of aromatic nitrogens is 1. The van der Waals surface area contributed by atoms with Crippen molar-refractivity contribution in [2.75, 3.05) is 5.32 Å². The van der Waals surface area contributed by atoms with Gasteiger partial charge in [0.1, 0.15) is 9.88 Å². The molecule has 0 aliphatic rings. The van der Waals surface area contributed by atoms with Crippen LogP contribution in [0.15, 0.2) is 48.5 Å². The molecule has 1 heterocycles. The van der Waals surface area contributed by atoms with E-state index in [-0.39, 0.29) is 5.91 Å². The first-order valence-electron chi connectivity index (χ1n) is 7.38. The summed E-state index contributed by atoms with van der Waals surface area (Å²) in [6.07, 6.45) is 0. The fourth-order valence-electron chi connectivity index (χ4n) is 2.29. The van der Waals surface area contributed by atoms with Gasteiger partial charge in [-0.05, 0) is 37.3 Å². The fourth-order valence-corrected chi connectivity index (χ4v) is 3.44. The summed E-state index contributed by atoms with van der Waals surface area (Å²) in [6, 6.07) is 13.8. The maximum atomic E-state index is 12.5. The second kappa shape index (κ2) is 7.04. The lowest BCUT2D eigenvalue weighted by Gasteiger charge is -2.05. The molecule has 0 aliphatic heterocycles. The van der Waals surface area contributed by atoms with E-state index in [1.165, 1.54) is 17.4 Å². The van der Waals surface area contributed by atoms with Gasteiger partial charge in [-0.25, -0.2) is 4.98 Å². The minimum absolute atomic E-state index is 0.287. The van der Waals surface area contributed by atoms with Crippen LogP contribution in [0.25, 0.3) is 10.6 Å². The molecule has 25 heavy (non-hydrogen) atoms. The number of hydrogen-bond donors (Lipinski definition) is 2. The highest BCUT2D eigenvalue weighted by atomic mass is 35.5. The average molecular weight is 372 g/mol. The van der Waals surface area contributed by atoms with Crippen molar-refractivity contribution in [2.45, 2.75) is 6.92 Å². The van der Waals surface area contributed by atoms with Gasteiger partial charge in [-0.15, -0.1) is 11.3 Å². The molecule has 2 aromatic carbocycles. The van der Waals surface area contributed by atoms with E-state index in [9.17, 15) is 9.59 Å². The predicted molar refractivity (Wildman–Crippen MR) is 100 cm³/mol. The van der Waals surface area contributed by atoms with Crippen LogP contribution in [0.2, 0.25) is 5.02 Å². The lowest BCUT2D eigenvalue weighted by atomic mass is 10.2. The molecule has 0 saturated carbocycles. The van der Waals surface area contributed by atoms with Crippen molar-refractivity contribution in [1.29, 1.82) is 0 Å². The molecule has 0 aliphatic carbocycles. The predicted octanol–water partition coefficient (Wildman–Crippen LogP) is 4.12. The van der Waals surface area contributed by atoms with Gasteiger partial charge >= 0.3 is 0 Å². The number of rotatable bonds is 4. The largest absolute Gasteiger partial charge is 0.366 e. The number of thiazole rings is 1. The van der Waals surface area contributed by atoms with Crippen LogP contribution in [0.4, 0.5) is 5.69 Å². The number of carbonyl (C=O) groups is 2. The highest BCUT2D eigenvalue weighted by Crippen LogP contribution is 2.30. The summed E-state index contributed by atoms with van der Waals surface area (Å²) in [7, 11) is 0. The molecule has 7 heteroatoms. The van der Waals surface area contributed by atoms with Crippen LogP contribution < -0.4 is 11.1 Å². The van der Waals surface area contributed by atoms with E-state index in [2.05, 4.69) is 10.3 Å².